The van der Waals surface area contributed by atoms with Crippen molar-refractivity contribution in [1.82, 2.24) is 9.78 Å². The molecule has 102 valence electrons. The quantitative estimate of drug-likeness (QED) is 0.677. The van der Waals surface area contributed by atoms with E-state index in [-0.39, 0.29) is 17.1 Å². The molecule has 0 spiro atoms. The molecule has 0 bridgehead atoms. The molecule has 0 aliphatic carbocycles. The summed E-state index contributed by atoms with van der Waals surface area (Å²) in [6.07, 6.45) is -3.23. The monoisotopic (exact) mass is 275 g/mol. The summed E-state index contributed by atoms with van der Waals surface area (Å²) in [6, 6.07) is 2.14. The average molecular weight is 275 g/mol. The molecular formula is C11H9F4N3O. The summed E-state index contributed by atoms with van der Waals surface area (Å²) in [4.78, 5) is 0. The zero-order valence-corrected chi connectivity index (χ0v) is 9.70. The summed E-state index contributed by atoms with van der Waals surface area (Å²) >= 11 is 0. The number of rotatable bonds is 2. The number of hydrogen-bond acceptors (Lipinski definition) is 3. The van der Waals surface area contributed by atoms with Crippen LogP contribution >= 0.6 is 0 Å². The van der Waals surface area contributed by atoms with Crippen molar-refractivity contribution >= 4 is 5.69 Å². The van der Waals surface area contributed by atoms with Crippen molar-refractivity contribution in [2.45, 2.75) is 6.18 Å². The number of ether oxygens (including phenoxy) is 1. The normalized spacial score (nSPS) is 11.6. The first kappa shape index (κ1) is 13.2. The highest BCUT2D eigenvalue weighted by Gasteiger charge is 2.32. The van der Waals surface area contributed by atoms with E-state index in [9.17, 15) is 17.6 Å². The van der Waals surface area contributed by atoms with Gasteiger partial charge < -0.3 is 10.5 Å². The van der Waals surface area contributed by atoms with Gasteiger partial charge in [0.25, 0.3) is 0 Å². The van der Waals surface area contributed by atoms with E-state index in [0.717, 1.165) is 10.7 Å². The minimum Gasteiger partial charge on any atom is -0.495 e. The SMILES string of the molecule is COc1cc(-n2cc(C(F)(F)F)cn2)c(F)cc1N. The van der Waals surface area contributed by atoms with Gasteiger partial charge in [0.15, 0.2) is 5.82 Å². The van der Waals surface area contributed by atoms with Gasteiger partial charge in [-0.2, -0.15) is 18.3 Å². The molecular weight excluding hydrogens is 266 g/mol. The minimum absolute atomic E-state index is 0.0481. The van der Waals surface area contributed by atoms with Crippen LogP contribution in [0, 0.1) is 5.82 Å². The summed E-state index contributed by atoms with van der Waals surface area (Å²) in [7, 11) is 1.32. The molecule has 2 N–H and O–H groups in total. The van der Waals surface area contributed by atoms with Gasteiger partial charge in [-0.25, -0.2) is 9.07 Å². The van der Waals surface area contributed by atoms with Gasteiger partial charge in [-0.05, 0) is 0 Å². The van der Waals surface area contributed by atoms with Crippen molar-refractivity contribution in [2.75, 3.05) is 12.8 Å². The van der Waals surface area contributed by atoms with Crippen LogP contribution in [0.3, 0.4) is 0 Å². The first-order valence-corrected chi connectivity index (χ1v) is 5.08. The van der Waals surface area contributed by atoms with Crippen LogP contribution in [-0.2, 0) is 6.18 Å². The number of alkyl halides is 3. The van der Waals surface area contributed by atoms with E-state index in [1.54, 1.807) is 0 Å². The van der Waals surface area contributed by atoms with Crippen LogP contribution in [0.15, 0.2) is 24.5 Å². The van der Waals surface area contributed by atoms with E-state index in [0.29, 0.717) is 12.4 Å². The molecule has 0 aliphatic rings. The van der Waals surface area contributed by atoms with E-state index in [1.165, 1.54) is 13.2 Å². The Bertz CT molecular complexity index is 606. The van der Waals surface area contributed by atoms with Gasteiger partial charge in [-0.15, -0.1) is 0 Å². The molecule has 0 aliphatic heterocycles. The van der Waals surface area contributed by atoms with E-state index in [2.05, 4.69) is 5.10 Å². The zero-order valence-electron chi connectivity index (χ0n) is 9.70. The fourth-order valence-electron chi connectivity index (χ4n) is 1.51. The fourth-order valence-corrected chi connectivity index (χ4v) is 1.51. The zero-order chi connectivity index (χ0) is 14.2. The van der Waals surface area contributed by atoms with Gasteiger partial charge >= 0.3 is 6.18 Å². The lowest BCUT2D eigenvalue weighted by Crippen LogP contribution is -2.04. The van der Waals surface area contributed by atoms with E-state index in [1.807, 2.05) is 0 Å². The maximum Gasteiger partial charge on any atom is 0.419 e. The van der Waals surface area contributed by atoms with E-state index >= 15 is 0 Å². The second-order valence-corrected chi connectivity index (χ2v) is 3.72. The van der Waals surface area contributed by atoms with Crippen LogP contribution in [-0.4, -0.2) is 16.9 Å². The van der Waals surface area contributed by atoms with E-state index < -0.39 is 17.6 Å². The number of halogens is 4. The summed E-state index contributed by atoms with van der Waals surface area (Å²) in [5.74, 6) is -0.643. The molecule has 0 atom stereocenters. The van der Waals surface area contributed by atoms with Gasteiger partial charge in [0, 0.05) is 18.3 Å². The van der Waals surface area contributed by atoms with Gasteiger partial charge in [0.2, 0.25) is 0 Å². The highest BCUT2D eigenvalue weighted by Crippen LogP contribution is 2.31. The fraction of sp³-hybridized carbons (Fsp3) is 0.182. The van der Waals surface area contributed by atoms with Crippen LogP contribution in [0.4, 0.5) is 23.2 Å². The van der Waals surface area contributed by atoms with E-state index in [4.69, 9.17) is 10.5 Å². The maximum absolute atomic E-state index is 13.7. The number of anilines is 1. The molecule has 0 saturated carbocycles. The molecule has 1 aromatic heterocycles. The molecule has 2 aromatic rings. The van der Waals surface area contributed by atoms with Gasteiger partial charge in [-0.3, -0.25) is 0 Å². The van der Waals surface area contributed by atoms with Crippen molar-refractivity contribution in [2.24, 2.45) is 0 Å². The van der Waals surface area contributed by atoms with Crippen molar-refractivity contribution in [3.8, 4) is 11.4 Å². The molecule has 0 radical (unpaired) electrons. The Balaban J connectivity index is 2.50. The maximum atomic E-state index is 13.7. The number of nitrogens with zero attached hydrogens (tertiary/aromatic N) is 2. The predicted molar refractivity (Wildman–Crippen MR) is 59.5 cm³/mol. The van der Waals surface area contributed by atoms with Crippen molar-refractivity contribution in [3.05, 3.63) is 35.9 Å². The molecule has 8 heteroatoms. The Morgan fingerprint density at radius 3 is 2.53 bits per heavy atom. The summed E-state index contributed by atoms with van der Waals surface area (Å²) < 4.78 is 56.6. The molecule has 2 rings (SSSR count). The van der Waals surface area contributed by atoms with Crippen LogP contribution in [0.2, 0.25) is 0 Å². The standard InChI is InChI=1S/C11H9F4N3O/c1-19-10-3-9(7(12)2-8(10)16)18-5-6(4-17-18)11(13,14)15/h2-5H,16H2,1H3. The highest BCUT2D eigenvalue weighted by atomic mass is 19.4. The van der Waals surface area contributed by atoms with Crippen molar-refractivity contribution < 1.29 is 22.3 Å². The lowest BCUT2D eigenvalue weighted by atomic mass is 10.2. The smallest absolute Gasteiger partial charge is 0.419 e. The summed E-state index contributed by atoms with van der Waals surface area (Å²) in [5.41, 5.74) is 4.38. The Labute approximate surface area is 105 Å². The number of hydrogen-bond donors (Lipinski definition) is 1. The predicted octanol–water partition coefficient (Wildman–Crippen LogP) is 2.62. The molecule has 0 fully saturated rings. The van der Waals surface area contributed by atoms with Crippen molar-refractivity contribution in [3.63, 3.8) is 0 Å². The van der Waals surface area contributed by atoms with Crippen LogP contribution in [0.1, 0.15) is 5.56 Å². The average Bonchev–Trinajstić information content (AvgIpc) is 2.78. The van der Waals surface area contributed by atoms with Crippen LogP contribution in [0.5, 0.6) is 5.75 Å². The third kappa shape index (κ3) is 2.47. The topological polar surface area (TPSA) is 53.1 Å². The third-order valence-electron chi connectivity index (χ3n) is 2.46. The number of methoxy groups -OCH3 is 1. The molecule has 4 nitrogen and oxygen atoms in total. The van der Waals surface area contributed by atoms with Gasteiger partial charge in [0.05, 0.1) is 24.6 Å². The Kier molecular flexibility index (Phi) is 3.09. The van der Waals surface area contributed by atoms with Crippen molar-refractivity contribution in [1.29, 1.82) is 0 Å². The number of nitrogens with two attached hydrogens (primary N) is 1. The Morgan fingerprint density at radius 2 is 2.00 bits per heavy atom. The Hall–Kier alpha value is -2.25. The molecule has 0 amide bonds. The molecule has 0 saturated heterocycles. The summed E-state index contributed by atoms with van der Waals surface area (Å²) in [6.45, 7) is 0. The largest absolute Gasteiger partial charge is 0.495 e. The molecule has 1 aromatic carbocycles. The molecule has 0 unspecified atom stereocenters. The van der Waals surface area contributed by atoms with Gasteiger partial charge in [0.1, 0.15) is 11.4 Å². The number of benzene rings is 1. The Morgan fingerprint density at radius 1 is 1.32 bits per heavy atom. The van der Waals surface area contributed by atoms with Crippen LogP contribution < -0.4 is 10.5 Å². The summed E-state index contributed by atoms with van der Waals surface area (Å²) in [5, 5.41) is 3.48. The minimum atomic E-state index is -4.54. The van der Waals surface area contributed by atoms with Gasteiger partial charge in [-0.1, -0.05) is 0 Å². The first-order chi connectivity index (χ1) is 8.82. The first-order valence-electron chi connectivity index (χ1n) is 5.08. The lowest BCUT2D eigenvalue weighted by Gasteiger charge is -2.09. The second kappa shape index (κ2) is 4.45. The third-order valence-corrected chi connectivity index (χ3v) is 2.46. The second-order valence-electron chi connectivity index (χ2n) is 3.72. The number of aromatic nitrogens is 2. The lowest BCUT2D eigenvalue weighted by molar-refractivity contribution is -0.137. The number of nitrogen functional groups attached to an aromatic ring is 1. The molecule has 19 heavy (non-hydrogen) atoms. The van der Waals surface area contributed by atoms with Crippen LogP contribution in [0.25, 0.3) is 5.69 Å². The molecule has 1 heterocycles. The highest BCUT2D eigenvalue weighted by molar-refractivity contribution is 5.58.